The molecule has 2 rings (SSSR count). The quantitative estimate of drug-likeness (QED) is 0.802. The predicted molar refractivity (Wildman–Crippen MR) is 95.1 cm³/mol. The van der Waals surface area contributed by atoms with Crippen LogP contribution in [0.4, 0.5) is 10.8 Å². The molecule has 0 unspecified atom stereocenters. The fraction of sp³-hybridized carbons (Fsp3) is 0.375. The van der Waals surface area contributed by atoms with E-state index in [2.05, 4.69) is 34.4 Å². The van der Waals surface area contributed by atoms with E-state index in [1.165, 1.54) is 0 Å². The van der Waals surface area contributed by atoms with Crippen molar-refractivity contribution in [3.63, 3.8) is 0 Å². The van der Waals surface area contributed by atoms with Crippen molar-refractivity contribution in [2.24, 2.45) is 0 Å². The highest BCUT2D eigenvalue weighted by Crippen LogP contribution is 2.28. The number of aromatic nitrogens is 1. The van der Waals surface area contributed by atoms with Gasteiger partial charge in [0.25, 0.3) is 0 Å². The minimum Gasteiger partial charge on any atom is -0.349 e. The summed E-state index contributed by atoms with van der Waals surface area (Å²) in [6.45, 7) is 7.80. The molecule has 0 radical (unpaired) electrons. The number of halogens is 1. The van der Waals surface area contributed by atoms with Crippen molar-refractivity contribution < 1.29 is 4.79 Å². The number of rotatable bonds is 6. The second-order valence-electron chi connectivity index (χ2n) is 4.87. The fourth-order valence-corrected chi connectivity index (χ4v) is 3.02. The number of hydrogen-bond acceptors (Lipinski definition) is 4. The monoisotopic (exact) mass is 337 g/mol. The molecule has 1 amide bonds. The highest BCUT2D eigenvalue weighted by molar-refractivity contribution is 7.14. The number of amides is 1. The van der Waals surface area contributed by atoms with E-state index in [4.69, 9.17) is 11.6 Å². The van der Waals surface area contributed by atoms with E-state index < -0.39 is 5.38 Å². The average Bonchev–Trinajstić information content (AvgIpc) is 2.99. The smallest absolute Gasteiger partial charge is 0.242 e. The third-order valence-corrected chi connectivity index (χ3v) is 4.44. The molecule has 22 heavy (non-hydrogen) atoms. The Bertz CT molecular complexity index is 621. The number of hydrogen-bond donors (Lipinski definition) is 1. The molecular weight excluding hydrogens is 318 g/mol. The largest absolute Gasteiger partial charge is 0.349 e. The maximum absolute atomic E-state index is 11.6. The van der Waals surface area contributed by atoms with Crippen LogP contribution in [-0.2, 0) is 4.79 Å². The van der Waals surface area contributed by atoms with Crippen molar-refractivity contribution in [2.75, 3.05) is 23.3 Å². The van der Waals surface area contributed by atoms with E-state index in [0.29, 0.717) is 0 Å². The van der Waals surface area contributed by atoms with Crippen LogP contribution in [0.15, 0.2) is 29.6 Å². The van der Waals surface area contributed by atoms with Gasteiger partial charge in [0.2, 0.25) is 5.91 Å². The van der Waals surface area contributed by atoms with Crippen LogP contribution in [0.5, 0.6) is 0 Å². The van der Waals surface area contributed by atoms with Gasteiger partial charge in [-0.25, -0.2) is 4.98 Å². The summed E-state index contributed by atoms with van der Waals surface area (Å²) in [4.78, 5) is 18.5. The molecule has 4 nitrogen and oxygen atoms in total. The summed E-state index contributed by atoms with van der Waals surface area (Å²) < 4.78 is 0. The Morgan fingerprint density at radius 3 is 2.50 bits per heavy atom. The molecule has 0 aliphatic heterocycles. The number of nitrogens with one attached hydrogen (secondary N) is 1. The van der Waals surface area contributed by atoms with Gasteiger partial charge in [0.15, 0.2) is 5.13 Å². The molecule has 0 bridgehead atoms. The minimum absolute atomic E-state index is 0.202. The number of thiazole rings is 1. The molecule has 1 aromatic carbocycles. The lowest BCUT2D eigenvalue weighted by molar-refractivity contribution is -0.115. The van der Waals surface area contributed by atoms with Gasteiger partial charge in [-0.15, -0.1) is 22.9 Å². The zero-order valence-electron chi connectivity index (χ0n) is 13.0. The van der Waals surface area contributed by atoms with Crippen LogP contribution in [0.25, 0.3) is 11.3 Å². The summed E-state index contributed by atoms with van der Waals surface area (Å²) in [5, 5.41) is 5.31. The summed E-state index contributed by atoms with van der Waals surface area (Å²) >= 11 is 7.39. The van der Waals surface area contributed by atoms with Crippen LogP contribution in [-0.4, -0.2) is 29.4 Å². The Balaban J connectivity index is 2.12. The standard InChI is InChI=1S/C16H20ClN3OS/c1-4-20(5-2)16-19-14(10-22-16)12-6-8-13(9-7-12)18-15(21)11(3)17/h6-11H,4-5H2,1-3H3,(H,18,21)/t11-/m1/s1. The van der Waals surface area contributed by atoms with Gasteiger partial charge in [0, 0.05) is 29.7 Å². The molecule has 1 N–H and O–H groups in total. The predicted octanol–water partition coefficient (Wildman–Crippen LogP) is 4.22. The molecule has 0 saturated heterocycles. The number of carbonyl (C=O) groups is 1. The van der Waals surface area contributed by atoms with E-state index in [1.807, 2.05) is 24.3 Å². The Morgan fingerprint density at radius 2 is 1.95 bits per heavy atom. The van der Waals surface area contributed by atoms with Crippen molar-refractivity contribution in [1.29, 1.82) is 0 Å². The van der Waals surface area contributed by atoms with Gasteiger partial charge in [-0.2, -0.15) is 0 Å². The number of alkyl halides is 1. The molecule has 1 heterocycles. The van der Waals surface area contributed by atoms with Crippen LogP contribution in [0.1, 0.15) is 20.8 Å². The third-order valence-electron chi connectivity index (χ3n) is 3.34. The normalized spacial score (nSPS) is 12.0. The van der Waals surface area contributed by atoms with Gasteiger partial charge in [-0.1, -0.05) is 12.1 Å². The maximum atomic E-state index is 11.6. The first-order valence-corrected chi connectivity index (χ1v) is 8.62. The van der Waals surface area contributed by atoms with Gasteiger partial charge in [0.05, 0.1) is 5.69 Å². The van der Waals surface area contributed by atoms with Gasteiger partial charge >= 0.3 is 0 Å². The van der Waals surface area contributed by atoms with E-state index in [0.717, 1.165) is 35.2 Å². The van der Waals surface area contributed by atoms with E-state index >= 15 is 0 Å². The van der Waals surface area contributed by atoms with Crippen LogP contribution in [0.3, 0.4) is 0 Å². The Hall–Kier alpha value is -1.59. The molecule has 0 saturated carbocycles. The Morgan fingerprint density at radius 1 is 1.32 bits per heavy atom. The molecule has 6 heteroatoms. The van der Waals surface area contributed by atoms with Crippen molar-refractivity contribution in [1.82, 2.24) is 4.98 Å². The van der Waals surface area contributed by atoms with Crippen molar-refractivity contribution >= 4 is 39.7 Å². The van der Waals surface area contributed by atoms with Crippen LogP contribution in [0.2, 0.25) is 0 Å². The highest BCUT2D eigenvalue weighted by Gasteiger charge is 2.11. The summed E-state index contributed by atoms with van der Waals surface area (Å²) in [5.74, 6) is -0.202. The number of nitrogens with zero attached hydrogens (tertiary/aromatic N) is 2. The molecular formula is C16H20ClN3OS. The molecule has 2 aromatic rings. The molecule has 0 spiro atoms. The maximum Gasteiger partial charge on any atom is 0.242 e. The first-order chi connectivity index (χ1) is 10.5. The van der Waals surface area contributed by atoms with E-state index in [-0.39, 0.29) is 5.91 Å². The topological polar surface area (TPSA) is 45.2 Å². The number of anilines is 2. The zero-order valence-corrected chi connectivity index (χ0v) is 14.5. The summed E-state index contributed by atoms with van der Waals surface area (Å²) in [7, 11) is 0. The van der Waals surface area contributed by atoms with Crippen LogP contribution < -0.4 is 10.2 Å². The number of benzene rings is 1. The second-order valence-corrected chi connectivity index (χ2v) is 6.36. The second kappa shape index (κ2) is 7.61. The molecule has 1 aromatic heterocycles. The average molecular weight is 338 g/mol. The zero-order chi connectivity index (χ0) is 16.1. The van der Waals surface area contributed by atoms with Crippen molar-refractivity contribution in [3.8, 4) is 11.3 Å². The molecule has 0 aliphatic carbocycles. The van der Waals surface area contributed by atoms with Crippen LogP contribution in [0, 0.1) is 0 Å². The van der Waals surface area contributed by atoms with Gasteiger partial charge < -0.3 is 10.2 Å². The summed E-state index contributed by atoms with van der Waals surface area (Å²) in [5.41, 5.74) is 2.72. The third kappa shape index (κ3) is 3.99. The van der Waals surface area contributed by atoms with Crippen molar-refractivity contribution in [2.45, 2.75) is 26.1 Å². The molecule has 0 fully saturated rings. The van der Waals surface area contributed by atoms with Gasteiger partial charge in [-0.3, -0.25) is 4.79 Å². The van der Waals surface area contributed by atoms with E-state index in [1.54, 1.807) is 18.3 Å². The Kier molecular flexibility index (Phi) is 5.80. The fourth-order valence-electron chi connectivity index (χ4n) is 2.00. The molecule has 118 valence electrons. The van der Waals surface area contributed by atoms with E-state index in [9.17, 15) is 4.79 Å². The van der Waals surface area contributed by atoms with Crippen molar-refractivity contribution in [3.05, 3.63) is 29.6 Å². The van der Waals surface area contributed by atoms with Crippen LogP contribution >= 0.6 is 22.9 Å². The summed E-state index contributed by atoms with van der Waals surface area (Å²) in [6, 6.07) is 7.64. The van der Waals surface area contributed by atoms with Gasteiger partial charge in [-0.05, 0) is 32.9 Å². The lowest BCUT2D eigenvalue weighted by Crippen LogP contribution is -2.21. The SMILES string of the molecule is CCN(CC)c1nc(-c2ccc(NC(=O)[C@@H](C)Cl)cc2)cs1. The number of carbonyl (C=O) groups excluding carboxylic acids is 1. The molecule has 1 atom stereocenters. The molecule has 0 aliphatic rings. The minimum atomic E-state index is -0.546. The Labute approximate surface area is 140 Å². The summed E-state index contributed by atoms with van der Waals surface area (Å²) in [6.07, 6.45) is 0. The highest BCUT2D eigenvalue weighted by atomic mass is 35.5. The van der Waals surface area contributed by atoms with Gasteiger partial charge in [0.1, 0.15) is 5.38 Å². The lowest BCUT2D eigenvalue weighted by atomic mass is 10.1. The lowest BCUT2D eigenvalue weighted by Gasteiger charge is -2.16. The first-order valence-electron chi connectivity index (χ1n) is 7.31. The first kappa shape index (κ1) is 16.8.